The molecule has 1 saturated heterocycles. The van der Waals surface area contributed by atoms with Crippen molar-refractivity contribution in [2.75, 3.05) is 23.3 Å². The van der Waals surface area contributed by atoms with Crippen molar-refractivity contribution in [3.05, 3.63) is 59.8 Å². The van der Waals surface area contributed by atoms with Crippen molar-refractivity contribution in [2.24, 2.45) is 0 Å². The number of fused-ring (bicyclic) bond motifs is 1. The average molecular weight is 346 g/mol. The number of aromatic nitrogens is 2. The van der Waals surface area contributed by atoms with Gasteiger partial charge in [0.2, 0.25) is 6.41 Å². The third kappa shape index (κ3) is 3.13. The molecule has 1 N–H and O–H groups in total. The maximum atomic E-state index is 12.8. The van der Waals surface area contributed by atoms with Gasteiger partial charge in [-0.05, 0) is 55.3 Å². The molecule has 6 heteroatoms. The van der Waals surface area contributed by atoms with E-state index in [0.29, 0.717) is 23.2 Å². The minimum Gasteiger partial charge on any atom is -0.355 e. The standard InChI is InChI=1S/C20H18N4O2/c25-13-22-16-6-3-14(4-7-16)20(26)15-5-8-17-18(11-15)23-19(12-21-17)24-9-1-2-10-24/h3-8,11-13H,1-2,9-10H2,(H,22,25). The molecular formula is C20H18N4O2. The largest absolute Gasteiger partial charge is 0.355 e. The zero-order valence-electron chi connectivity index (χ0n) is 14.2. The van der Waals surface area contributed by atoms with E-state index in [1.807, 2.05) is 6.07 Å². The first-order valence-electron chi connectivity index (χ1n) is 8.61. The third-order valence-corrected chi connectivity index (χ3v) is 4.59. The van der Waals surface area contributed by atoms with Crippen LogP contribution in [0.5, 0.6) is 0 Å². The second-order valence-corrected chi connectivity index (χ2v) is 6.29. The van der Waals surface area contributed by atoms with Gasteiger partial charge in [-0.15, -0.1) is 0 Å². The molecule has 0 atom stereocenters. The molecule has 3 aromatic rings. The number of hydrogen-bond acceptors (Lipinski definition) is 5. The van der Waals surface area contributed by atoms with E-state index in [4.69, 9.17) is 4.98 Å². The Morgan fingerprint density at radius 3 is 2.46 bits per heavy atom. The lowest BCUT2D eigenvalue weighted by atomic mass is 10.0. The van der Waals surface area contributed by atoms with Crippen molar-refractivity contribution in [1.82, 2.24) is 9.97 Å². The number of anilines is 2. The van der Waals surface area contributed by atoms with Crippen molar-refractivity contribution < 1.29 is 9.59 Å². The summed E-state index contributed by atoms with van der Waals surface area (Å²) in [6.45, 7) is 2.00. The Balaban J connectivity index is 1.64. The van der Waals surface area contributed by atoms with Gasteiger partial charge in [-0.1, -0.05) is 0 Å². The lowest BCUT2D eigenvalue weighted by Gasteiger charge is -2.16. The Morgan fingerprint density at radius 2 is 1.73 bits per heavy atom. The molecule has 1 aliphatic heterocycles. The summed E-state index contributed by atoms with van der Waals surface area (Å²) in [6.07, 6.45) is 4.76. The molecule has 0 bridgehead atoms. The third-order valence-electron chi connectivity index (χ3n) is 4.59. The molecule has 2 aromatic carbocycles. The van der Waals surface area contributed by atoms with E-state index in [0.717, 1.165) is 29.9 Å². The van der Waals surface area contributed by atoms with Crippen LogP contribution in [0.3, 0.4) is 0 Å². The van der Waals surface area contributed by atoms with Gasteiger partial charge in [-0.25, -0.2) is 4.98 Å². The summed E-state index contributed by atoms with van der Waals surface area (Å²) in [5.41, 5.74) is 3.27. The number of carbonyl (C=O) groups is 2. The average Bonchev–Trinajstić information content (AvgIpc) is 3.22. The summed E-state index contributed by atoms with van der Waals surface area (Å²) < 4.78 is 0. The molecule has 26 heavy (non-hydrogen) atoms. The van der Waals surface area contributed by atoms with E-state index in [-0.39, 0.29) is 5.78 Å². The maximum absolute atomic E-state index is 12.8. The number of hydrogen-bond donors (Lipinski definition) is 1. The van der Waals surface area contributed by atoms with Gasteiger partial charge in [-0.3, -0.25) is 14.6 Å². The minimum absolute atomic E-state index is 0.0853. The van der Waals surface area contributed by atoms with Crippen LogP contribution in [0.15, 0.2) is 48.7 Å². The van der Waals surface area contributed by atoms with Crippen molar-refractivity contribution in [1.29, 1.82) is 0 Å². The number of benzene rings is 2. The van der Waals surface area contributed by atoms with Crippen LogP contribution in [0.4, 0.5) is 11.5 Å². The van der Waals surface area contributed by atoms with E-state index in [1.165, 1.54) is 12.8 Å². The van der Waals surface area contributed by atoms with Crippen LogP contribution in [0, 0.1) is 0 Å². The molecule has 0 saturated carbocycles. The molecule has 1 aromatic heterocycles. The lowest BCUT2D eigenvalue weighted by Crippen LogP contribution is -2.19. The predicted molar refractivity (Wildman–Crippen MR) is 101 cm³/mol. The van der Waals surface area contributed by atoms with Crippen LogP contribution in [-0.2, 0) is 4.79 Å². The molecule has 2 heterocycles. The summed E-state index contributed by atoms with van der Waals surface area (Å²) in [4.78, 5) is 34.6. The van der Waals surface area contributed by atoms with Crippen LogP contribution in [0.1, 0.15) is 28.8 Å². The van der Waals surface area contributed by atoms with Gasteiger partial charge in [0, 0.05) is 29.9 Å². The Bertz CT molecular complexity index is 963. The fourth-order valence-corrected chi connectivity index (χ4v) is 3.19. The van der Waals surface area contributed by atoms with Gasteiger partial charge in [0.15, 0.2) is 5.78 Å². The van der Waals surface area contributed by atoms with Crippen molar-refractivity contribution in [3.63, 3.8) is 0 Å². The van der Waals surface area contributed by atoms with Crippen LogP contribution >= 0.6 is 0 Å². The summed E-state index contributed by atoms with van der Waals surface area (Å²) in [7, 11) is 0. The highest BCUT2D eigenvalue weighted by Gasteiger charge is 2.15. The number of nitrogens with zero attached hydrogens (tertiary/aromatic N) is 3. The predicted octanol–water partition coefficient (Wildman–Crippen LogP) is 3.03. The molecule has 0 radical (unpaired) electrons. The molecule has 1 fully saturated rings. The summed E-state index contributed by atoms with van der Waals surface area (Å²) >= 11 is 0. The summed E-state index contributed by atoms with van der Waals surface area (Å²) in [6, 6.07) is 12.2. The number of ketones is 1. The molecular weight excluding hydrogens is 328 g/mol. The van der Waals surface area contributed by atoms with Crippen molar-refractivity contribution in [3.8, 4) is 0 Å². The summed E-state index contributed by atoms with van der Waals surface area (Å²) in [5.74, 6) is 0.779. The maximum Gasteiger partial charge on any atom is 0.211 e. The monoisotopic (exact) mass is 346 g/mol. The second-order valence-electron chi connectivity index (χ2n) is 6.29. The SMILES string of the molecule is O=CNc1ccc(C(=O)c2ccc3ncc(N4CCCC4)nc3c2)cc1. The van der Waals surface area contributed by atoms with Crippen LogP contribution in [-0.4, -0.2) is 35.3 Å². The minimum atomic E-state index is -0.0853. The fourth-order valence-electron chi connectivity index (χ4n) is 3.19. The van der Waals surface area contributed by atoms with Crippen LogP contribution < -0.4 is 10.2 Å². The highest BCUT2D eigenvalue weighted by atomic mass is 16.1. The van der Waals surface area contributed by atoms with E-state index in [9.17, 15) is 9.59 Å². The number of rotatable bonds is 5. The van der Waals surface area contributed by atoms with Gasteiger partial charge < -0.3 is 10.2 Å². The van der Waals surface area contributed by atoms with E-state index < -0.39 is 0 Å². The number of nitrogens with one attached hydrogen (secondary N) is 1. The first-order chi connectivity index (χ1) is 12.7. The molecule has 4 rings (SSSR count). The molecule has 6 nitrogen and oxygen atoms in total. The highest BCUT2D eigenvalue weighted by molar-refractivity contribution is 6.10. The van der Waals surface area contributed by atoms with Gasteiger partial charge >= 0.3 is 0 Å². The Morgan fingerprint density at radius 1 is 1.00 bits per heavy atom. The number of amides is 1. The molecule has 1 amide bonds. The fraction of sp³-hybridized carbons (Fsp3) is 0.200. The zero-order chi connectivity index (χ0) is 17.9. The zero-order valence-corrected chi connectivity index (χ0v) is 14.2. The van der Waals surface area contributed by atoms with Crippen molar-refractivity contribution >= 4 is 34.7 Å². The van der Waals surface area contributed by atoms with Crippen LogP contribution in [0.25, 0.3) is 11.0 Å². The second kappa shape index (κ2) is 6.92. The number of carbonyl (C=O) groups excluding carboxylic acids is 2. The normalized spacial score (nSPS) is 13.8. The molecule has 0 spiro atoms. The summed E-state index contributed by atoms with van der Waals surface area (Å²) in [5, 5.41) is 2.56. The smallest absolute Gasteiger partial charge is 0.211 e. The lowest BCUT2D eigenvalue weighted by molar-refractivity contribution is -0.105. The van der Waals surface area contributed by atoms with Crippen LogP contribution in [0.2, 0.25) is 0 Å². The van der Waals surface area contributed by atoms with Gasteiger partial charge in [-0.2, -0.15) is 0 Å². The Kier molecular flexibility index (Phi) is 4.31. The van der Waals surface area contributed by atoms with Gasteiger partial charge in [0.25, 0.3) is 0 Å². The van der Waals surface area contributed by atoms with E-state index >= 15 is 0 Å². The quantitative estimate of drug-likeness (QED) is 0.568. The van der Waals surface area contributed by atoms with Gasteiger partial charge in [0.05, 0.1) is 17.2 Å². The van der Waals surface area contributed by atoms with Crippen molar-refractivity contribution in [2.45, 2.75) is 12.8 Å². The van der Waals surface area contributed by atoms with Gasteiger partial charge in [0.1, 0.15) is 5.82 Å². The molecule has 0 unspecified atom stereocenters. The van der Waals surface area contributed by atoms with E-state index in [1.54, 1.807) is 42.6 Å². The molecule has 0 aliphatic carbocycles. The first kappa shape index (κ1) is 16.2. The van der Waals surface area contributed by atoms with E-state index in [2.05, 4.69) is 15.2 Å². The topological polar surface area (TPSA) is 75.2 Å². The molecule has 130 valence electrons. The first-order valence-corrected chi connectivity index (χ1v) is 8.61. The Labute approximate surface area is 150 Å². The molecule has 1 aliphatic rings. The Hall–Kier alpha value is -3.28. The highest BCUT2D eigenvalue weighted by Crippen LogP contribution is 2.22.